The number of nitrogens with zero attached hydrogens (tertiary/aromatic N) is 3. The molecule has 5 nitrogen and oxygen atoms in total. The highest BCUT2D eigenvalue weighted by Crippen LogP contribution is 2.22. The first-order valence-corrected chi connectivity index (χ1v) is 8.81. The van der Waals surface area contributed by atoms with Gasteiger partial charge in [-0.3, -0.25) is 14.4 Å². The molecule has 2 aliphatic rings. The summed E-state index contributed by atoms with van der Waals surface area (Å²) in [4.78, 5) is 14.2. The molecule has 5 heteroatoms. The third-order valence-corrected chi connectivity index (χ3v) is 4.85. The summed E-state index contributed by atoms with van der Waals surface area (Å²) < 4.78 is 2.10. The maximum absolute atomic E-state index is 12.0. The molecule has 0 spiro atoms. The molecule has 2 heterocycles. The quantitative estimate of drug-likeness (QED) is 0.820. The van der Waals surface area contributed by atoms with E-state index in [0.29, 0.717) is 12.6 Å². The van der Waals surface area contributed by atoms with E-state index in [1.807, 2.05) is 6.92 Å². The van der Waals surface area contributed by atoms with E-state index in [4.69, 9.17) is 0 Å². The summed E-state index contributed by atoms with van der Waals surface area (Å²) >= 11 is 0. The molecular weight excluding hydrogens is 288 g/mol. The van der Waals surface area contributed by atoms with Crippen molar-refractivity contribution in [3.8, 4) is 0 Å². The van der Waals surface area contributed by atoms with E-state index >= 15 is 0 Å². The Kier molecular flexibility index (Phi) is 5.16. The van der Waals surface area contributed by atoms with Gasteiger partial charge in [-0.1, -0.05) is 11.6 Å². The molecule has 1 aromatic heterocycles. The van der Waals surface area contributed by atoms with Gasteiger partial charge in [-0.25, -0.2) is 0 Å². The summed E-state index contributed by atoms with van der Waals surface area (Å²) in [6.07, 6.45) is 8.42. The molecule has 3 rings (SSSR count). The highest BCUT2D eigenvalue weighted by atomic mass is 16.2. The van der Waals surface area contributed by atoms with Crippen LogP contribution >= 0.6 is 0 Å². The molecule has 0 bridgehead atoms. The molecule has 0 aromatic carbocycles. The number of nitrogens with one attached hydrogen (secondary N) is 1. The maximum atomic E-state index is 12.0. The fourth-order valence-corrected chi connectivity index (χ4v) is 3.60. The summed E-state index contributed by atoms with van der Waals surface area (Å²) in [7, 11) is 0. The Morgan fingerprint density at radius 3 is 2.83 bits per heavy atom. The molecule has 1 aromatic rings. The number of aryl methyl sites for hydroxylation is 2. The first kappa shape index (κ1) is 16.2. The molecule has 1 fully saturated rings. The Morgan fingerprint density at radius 1 is 1.35 bits per heavy atom. The third-order valence-electron chi connectivity index (χ3n) is 4.85. The van der Waals surface area contributed by atoms with E-state index in [0.717, 1.165) is 31.7 Å². The topological polar surface area (TPSA) is 50.2 Å². The van der Waals surface area contributed by atoms with Crippen LogP contribution in [0.4, 0.5) is 0 Å². The van der Waals surface area contributed by atoms with Gasteiger partial charge in [0.2, 0.25) is 5.91 Å². The second-order valence-corrected chi connectivity index (χ2v) is 6.93. The minimum atomic E-state index is 0.147. The van der Waals surface area contributed by atoms with Crippen molar-refractivity contribution in [1.82, 2.24) is 20.0 Å². The van der Waals surface area contributed by atoms with Crippen LogP contribution < -0.4 is 5.32 Å². The highest BCUT2D eigenvalue weighted by Gasteiger charge is 2.30. The van der Waals surface area contributed by atoms with Gasteiger partial charge >= 0.3 is 0 Å². The summed E-state index contributed by atoms with van der Waals surface area (Å²) in [5.41, 5.74) is 3.79. The van der Waals surface area contributed by atoms with E-state index in [1.165, 1.54) is 37.0 Å². The smallest absolute Gasteiger partial charge is 0.234 e. The molecule has 1 aliphatic heterocycles. The second kappa shape index (κ2) is 7.30. The zero-order valence-electron chi connectivity index (χ0n) is 14.3. The lowest BCUT2D eigenvalue weighted by Gasteiger charge is -2.39. The first-order chi connectivity index (χ1) is 11.1. The SMILES string of the molecule is Cc1cc(C)n(C2CN(CC(=O)NCCC3=CCCCC3)C2)n1. The lowest BCUT2D eigenvalue weighted by Crippen LogP contribution is -2.52. The summed E-state index contributed by atoms with van der Waals surface area (Å²) in [6.45, 7) is 7.24. The van der Waals surface area contributed by atoms with Crippen molar-refractivity contribution in [1.29, 1.82) is 0 Å². The van der Waals surface area contributed by atoms with Crippen molar-refractivity contribution >= 4 is 5.91 Å². The van der Waals surface area contributed by atoms with Gasteiger partial charge in [0.15, 0.2) is 0 Å². The monoisotopic (exact) mass is 316 g/mol. The largest absolute Gasteiger partial charge is 0.355 e. The zero-order chi connectivity index (χ0) is 16.2. The molecule has 0 atom stereocenters. The van der Waals surface area contributed by atoms with Gasteiger partial charge in [-0.2, -0.15) is 5.10 Å². The summed E-state index contributed by atoms with van der Waals surface area (Å²) in [5, 5.41) is 7.59. The van der Waals surface area contributed by atoms with Crippen molar-refractivity contribution in [3.63, 3.8) is 0 Å². The van der Waals surface area contributed by atoms with Crippen LogP contribution in [0.2, 0.25) is 0 Å². The fourth-order valence-electron chi connectivity index (χ4n) is 3.60. The van der Waals surface area contributed by atoms with Gasteiger partial charge in [0.05, 0.1) is 18.3 Å². The van der Waals surface area contributed by atoms with Gasteiger partial charge in [0.25, 0.3) is 0 Å². The minimum Gasteiger partial charge on any atom is -0.355 e. The number of carbonyl (C=O) groups is 1. The minimum absolute atomic E-state index is 0.147. The third kappa shape index (κ3) is 4.22. The Morgan fingerprint density at radius 2 is 2.17 bits per heavy atom. The molecular formula is C18H28N4O. The predicted molar refractivity (Wildman–Crippen MR) is 91.4 cm³/mol. The molecule has 0 radical (unpaired) electrons. The van der Waals surface area contributed by atoms with Gasteiger partial charge in [0, 0.05) is 25.3 Å². The van der Waals surface area contributed by atoms with Crippen LogP contribution in [-0.2, 0) is 4.79 Å². The summed E-state index contributed by atoms with van der Waals surface area (Å²) in [6, 6.07) is 2.53. The van der Waals surface area contributed by atoms with Crippen molar-refractivity contribution in [2.24, 2.45) is 0 Å². The average Bonchev–Trinajstić information content (AvgIpc) is 2.82. The lowest BCUT2D eigenvalue weighted by atomic mass is 9.97. The molecule has 126 valence electrons. The van der Waals surface area contributed by atoms with Crippen LogP contribution in [0.25, 0.3) is 0 Å². The number of hydrogen-bond acceptors (Lipinski definition) is 3. The number of likely N-dealkylation sites (tertiary alicyclic amines) is 1. The molecule has 0 unspecified atom stereocenters. The van der Waals surface area contributed by atoms with Crippen LogP contribution in [0.15, 0.2) is 17.7 Å². The molecule has 23 heavy (non-hydrogen) atoms. The van der Waals surface area contributed by atoms with Crippen LogP contribution in [0.3, 0.4) is 0 Å². The Hall–Kier alpha value is -1.62. The molecule has 1 saturated heterocycles. The fraction of sp³-hybridized carbons (Fsp3) is 0.667. The van der Waals surface area contributed by atoms with Crippen LogP contribution in [0.5, 0.6) is 0 Å². The summed E-state index contributed by atoms with van der Waals surface area (Å²) in [5.74, 6) is 0.147. The number of allylic oxidation sites excluding steroid dienone is 1. The number of carbonyl (C=O) groups excluding carboxylic acids is 1. The van der Waals surface area contributed by atoms with Crippen molar-refractivity contribution in [3.05, 3.63) is 29.1 Å². The van der Waals surface area contributed by atoms with E-state index in [9.17, 15) is 4.79 Å². The Balaban J connectivity index is 1.34. The Bertz CT molecular complexity index is 584. The maximum Gasteiger partial charge on any atom is 0.234 e. The van der Waals surface area contributed by atoms with E-state index in [-0.39, 0.29) is 5.91 Å². The van der Waals surface area contributed by atoms with Crippen molar-refractivity contribution in [2.45, 2.75) is 52.0 Å². The Labute approximate surface area is 138 Å². The van der Waals surface area contributed by atoms with Crippen molar-refractivity contribution < 1.29 is 4.79 Å². The molecule has 0 saturated carbocycles. The molecule has 1 amide bonds. The van der Waals surface area contributed by atoms with Crippen molar-refractivity contribution in [2.75, 3.05) is 26.2 Å². The van der Waals surface area contributed by atoms with E-state index in [2.05, 4.69) is 39.1 Å². The van der Waals surface area contributed by atoms with Gasteiger partial charge in [-0.15, -0.1) is 0 Å². The van der Waals surface area contributed by atoms with E-state index in [1.54, 1.807) is 0 Å². The number of rotatable bonds is 6. The average molecular weight is 316 g/mol. The molecule has 1 aliphatic carbocycles. The normalized spacial score (nSPS) is 19.3. The predicted octanol–water partition coefficient (Wildman–Crippen LogP) is 2.36. The van der Waals surface area contributed by atoms with Gasteiger partial charge in [0.1, 0.15) is 0 Å². The number of aromatic nitrogens is 2. The lowest BCUT2D eigenvalue weighted by molar-refractivity contribution is -0.123. The van der Waals surface area contributed by atoms with Crippen LogP contribution in [0, 0.1) is 13.8 Å². The number of hydrogen-bond donors (Lipinski definition) is 1. The second-order valence-electron chi connectivity index (χ2n) is 6.93. The van der Waals surface area contributed by atoms with Crippen LogP contribution in [0.1, 0.15) is 49.5 Å². The number of amides is 1. The highest BCUT2D eigenvalue weighted by molar-refractivity contribution is 5.78. The van der Waals surface area contributed by atoms with E-state index < -0.39 is 0 Å². The van der Waals surface area contributed by atoms with Crippen LogP contribution in [-0.4, -0.2) is 46.8 Å². The van der Waals surface area contributed by atoms with Gasteiger partial charge in [-0.05, 0) is 52.0 Å². The van der Waals surface area contributed by atoms with Gasteiger partial charge < -0.3 is 5.32 Å². The zero-order valence-corrected chi connectivity index (χ0v) is 14.3. The standard InChI is InChI=1S/C18H28N4O/c1-14-10-15(2)22(20-14)17-11-21(12-17)13-18(23)19-9-8-16-6-4-3-5-7-16/h6,10,17H,3-5,7-9,11-13H2,1-2H3,(H,19,23). The molecule has 1 N–H and O–H groups in total. The first-order valence-electron chi connectivity index (χ1n) is 8.81.